The van der Waals surface area contributed by atoms with Crippen molar-refractivity contribution in [3.05, 3.63) is 0 Å². The van der Waals surface area contributed by atoms with Crippen LogP contribution in [-0.2, 0) is 28.7 Å². The summed E-state index contributed by atoms with van der Waals surface area (Å²) in [5.74, 6) is -3.34. The van der Waals surface area contributed by atoms with Gasteiger partial charge in [-0.3, -0.25) is 24.5 Å². The second-order valence-corrected chi connectivity index (χ2v) is 10.4. The molecule has 3 atom stereocenters. The zero-order chi connectivity index (χ0) is 27.4. The van der Waals surface area contributed by atoms with Crippen molar-refractivity contribution in [2.45, 2.75) is 109 Å². The maximum absolute atomic E-state index is 13.5. The Morgan fingerprint density at radius 1 is 1.00 bits per heavy atom. The van der Waals surface area contributed by atoms with Crippen molar-refractivity contribution < 1.29 is 33.8 Å². The lowest BCUT2D eigenvalue weighted by molar-refractivity contribution is -0.158. The Bertz CT molecular complexity index is 798. The van der Waals surface area contributed by atoms with Crippen LogP contribution in [0.2, 0.25) is 0 Å². The molecule has 1 unspecified atom stereocenters. The summed E-state index contributed by atoms with van der Waals surface area (Å²) in [5.41, 5.74) is 5.56. The number of rotatable bonds is 15. The van der Waals surface area contributed by atoms with E-state index in [1.54, 1.807) is 13.8 Å². The summed E-state index contributed by atoms with van der Waals surface area (Å²) in [5, 5.41) is 14.7. The third-order valence-corrected chi connectivity index (χ3v) is 7.05. The van der Waals surface area contributed by atoms with E-state index in [0.717, 1.165) is 25.7 Å². The lowest BCUT2D eigenvalue weighted by Crippen LogP contribution is -2.56. The number of ether oxygens (including phenoxy) is 1. The van der Waals surface area contributed by atoms with Gasteiger partial charge in [-0.2, -0.15) is 0 Å². The highest BCUT2D eigenvalue weighted by atomic mass is 16.5. The molecule has 1 aliphatic carbocycles. The Hall–Kier alpha value is -2.53. The molecule has 37 heavy (non-hydrogen) atoms. The molecule has 5 N–H and O–H groups in total. The average Bonchev–Trinajstić information content (AvgIpc) is 3.35. The summed E-state index contributed by atoms with van der Waals surface area (Å²) < 4.78 is 5.03. The first kappa shape index (κ1) is 30.7. The van der Waals surface area contributed by atoms with E-state index in [1.165, 1.54) is 11.3 Å². The molecule has 11 nitrogen and oxygen atoms in total. The largest absolute Gasteiger partial charge is 0.480 e. The van der Waals surface area contributed by atoms with Crippen LogP contribution in [0.15, 0.2) is 0 Å². The number of Topliss-reactive ketones (excluding diaryl/α,β-unsaturated/α-hetero) is 1. The summed E-state index contributed by atoms with van der Waals surface area (Å²) in [4.78, 5) is 64.5. The number of aliphatic carboxylic acids is 1. The number of ketones is 1. The van der Waals surface area contributed by atoms with E-state index >= 15 is 0 Å². The lowest BCUT2D eigenvalue weighted by Gasteiger charge is -2.32. The van der Waals surface area contributed by atoms with Gasteiger partial charge in [0.05, 0.1) is 24.7 Å². The number of likely N-dealkylation sites (tertiary alicyclic amines) is 1. The molecule has 2 aliphatic rings. The van der Waals surface area contributed by atoms with Crippen LogP contribution in [0.3, 0.4) is 0 Å². The molecule has 0 aromatic carbocycles. The molecule has 1 saturated carbocycles. The molecule has 0 radical (unpaired) electrons. The third kappa shape index (κ3) is 10.0. The fourth-order valence-electron chi connectivity index (χ4n) is 5.19. The summed E-state index contributed by atoms with van der Waals surface area (Å²) in [6.45, 7) is 3.72. The van der Waals surface area contributed by atoms with Crippen molar-refractivity contribution in [3.8, 4) is 0 Å². The minimum Gasteiger partial charge on any atom is -0.480 e. The number of nitrogens with one attached hydrogen (secondary N) is 2. The van der Waals surface area contributed by atoms with Gasteiger partial charge in [0.1, 0.15) is 6.04 Å². The van der Waals surface area contributed by atoms with E-state index in [2.05, 4.69) is 10.6 Å². The highest BCUT2D eigenvalue weighted by Gasteiger charge is 2.39. The molecule has 0 aromatic heterocycles. The van der Waals surface area contributed by atoms with Gasteiger partial charge in [-0.25, -0.2) is 4.79 Å². The molecule has 11 heteroatoms. The number of carboxylic acid groups (broad SMARTS) is 1. The molecule has 210 valence electrons. The van der Waals surface area contributed by atoms with Gasteiger partial charge in [0.25, 0.3) is 5.78 Å². The first-order valence-corrected chi connectivity index (χ1v) is 13.6. The van der Waals surface area contributed by atoms with Gasteiger partial charge in [0.2, 0.25) is 11.8 Å². The quantitative estimate of drug-likeness (QED) is 0.139. The van der Waals surface area contributed by atoms with E-state index in [4.69, 9.17) is 15.6 Å². The Kier molecular flexibility index (Phi) is 13.0. The third-order valence-electron chi connectivity index (χ3n) is 7.05. The van der Waals surface area contributed by atoms with Crippen LogP contribution >= 0.6 is 0 Å². The van der Waals surface area contributed by atoms with Crippen molar-refractivity contribution in [2.24, 2.45) is 11.7 Å². The van der Waals surface area contributed by atoms with Crippen molar-refractivity contribution >= 4 is 29.5 Å². The summed E-state index contributed by atoms with van der Waals surface area (Å²) in [7, 11) is 0. The van der Waals surface area contributed by atoms with E-state index in [9.17, 15) is 24.0 Å². The van der Waals surface area contributed by atoms with Gasteiger partial charge in [-0.15, -0.1) is 0 Å². The van der Waals surface area contributed by atoms with Gasteiger partial charge >= 0.3 is 11.9 Å². The Morgan fingerprint density at radius 3 is 2.32 bits per heavy atom. The number of nitrogens with two attached hydrogens (primary N) is 1. The van der Waals surface area contributed by atoms with E-state index in [-0.39, 0.29) is 18.9 Å². The number of carbonyl (C=O) groups is 5. The number of carbonyl (C=O) groups excluding carboxylic acids is 4. The van der Waals surface area contributed by atoms with Gasteiger partial charge in [-0.05, 0) is 64.8 Å². The SMILES string of the molecule is CC(C)OC(=O)C(=O)[C@H](CCCCN)NC(=O)[C@@H]1CCCN1C(=O)C(CC1CCCCC1)NCC(=O)O. The number of amides is 2. The van der Waals surface area contributed by atoms with Crippen molar-refractivity contribution in [3.63, 3.8) is 0 Å². The molecule has 2 rings (SSSR count). The van der Waals surface area contributed by atoms with Crippen molar-refractivity contribution in [1.29, 1.82) is 0 Å². The summed E-state index contributed by atoms with van der Waals surface area (Å²) in [6, 6.07) is -2.56. The maximum atomic E-state index is 13.5. The highest BCUT2D eigenvalue weighted by molar-refractivity contribution is 6.36. The maximum Gasteiger partial charge on any atom is 0.377 e. The summed E-state index contributed by atoms with van der Waals surface area (Å²) >= 11 is 0. The normalized spacial score (nSPS) is 19.9. The number of esters is 1. The standard InChI is InChI=1S/C26H44N4O7/c1-17(2)37-26(36)23(33)19(11-6-7-13-27)29-24(34)21-12-8-14-30(21)25(35)20(28-16-22(31)32)15-18-9-4-3-5-10-18/h17-21,28H,3-16,27H2,1-2H3,(H,29,34)(H,31,32)/t19-,20?,21-/m0/s1. The highest BCUT2D eigenvalue weighted by Crippen LogP contribution is 2.29. The van der Waals surface area contributed by atoms with Crippen LogP contribution in [0.5, 0.6) is 0 Å². The van der Waals surface area contributed by atoms with Gasteiger partial charge < -0.3 is 25.8 Å². The number of carboxylic acids is 1. The number of unbranched alkanes of at least 4 members (excludes halogenated alkanes) is 1. The lowest BCUT2D eigenvalue weighted by atomic mass is 9.84. The molecular weight excluding hydrogens is 480 g/mol. The fraction of sp³-hybridized carbons (Fsp3) is 0.808. The van der Waals surface area contributed by atoms with Gasteiger partial charge in [0.15, 0.2) is 0 Å². The smallest absolute Gasteiger partial charge is 0.377 e. The first-order chi connectivity index (χ1) is 17.6. The monoisotopic (exact) mass is 524 g/mol. The van der Waals surface area contributed by atoms with Crippen LogP contribution in [-0.4, -0.2) is 83.4 Å². The summed E-state index contributed by atoms with van der Waals surface area (Å²) in [6.07, 6.45) is 7.86. The number of hydrogen-bond donors (Lipinski definition) is 4. The second kappa shape index (κ2) is 15.7. The number of nitrogens with zero attached hydrogens (tertiary/aromatic N) is 1. The van der Waals surface area contributed by atoms with Crippen LogP contribution < -0.4 is 16.4 Å². The van der Waals surface area contributed by atoms with Crippen LogP contribution in [0.1, 0.15) is 84.5 Å². The van der Waals surface area contributed by atoms with E-state index in [0.29, 0.717) is 51.1 Å². The molecular formula is C26H44N4O7. The average molecular weight is 525 g/mol. The minimum atomic E-state index is -1.06. The topological polar surface area (TPSA) is 168 Å². The molecule has 2 amide bonds. The van der Waals surface area contributed by atoms with Crippen molar-refractivity contribution in [1.82, 2.24) is 15.5 Å². The molecule has 0 spiro atoms. The van der Waals surface area contributed by atoms with Crippen LogP contribution in [0.25, 0.3) is 0 Å². The van der Waals surface area contributed by atoms with Crippen LogP contribution in [0, 0.1) is 5.92 Å². The molecule has 1 heterocycles. The minimum absolute atomic E-state index is 0.236. The molecule has 1 aliphatic heterocycles. The molecule has 2 fully saturated rings. The predicted octanol–water partition coefficient (Wildman–Crippen LogP) is 1.13. The first-order valence-electron chi connectivity index (χ1n) is 13.6. The Balaban J connectivity index is 2.12. The Labute approximate surface area is 219 Å². The second-order valence-electron chi connectivity index (χ2n) is 10.4. The molecule has 0 aromatic rings. The van der Waals surface area contributed by atoms with Crippen LogP contribution in [0.4, 0.5) is 0 Å². The van der Waals surface area contributed by atoms with E-state index in [1.807, 2.05) is 0 Å². The number of hydrogen-bond acceptors (Lipinski definition) is 8. The molecule has 1 saturated heterocycles. The predicted molar refractivity (Wildman–Crippen MR) is 136 cm³/mol. The molecule has 0 bridgehead atoms. The fourth-order valence-corrected chi connectivity index (χ4v) is 5.19. The zero-order valence-corrected chi connectivity index (χ0v) is 22.2. The van der Waals surface area contributed by atoms with Gasteiger partial charge in [0, 0.05) is 6.54 Å². The van der Waals surface area contributed by atoms with E-state index < -0.39 is 47.9 Å². The zero-order valence-electron chi connectivity index (χ0n) is 22.2. The van der Waals surface area contributed by atoms with Crippen molar-refractivity contribution in [2.75, 3.05) is 19.6 Å². The Morgan fingerprint density at radius 2 is 1.70 bits per heavy atom. The van der Waals surface area contributed by atoms with Gasteiger partial charge in [-0.1, -0.05) is 32.1 Å².